The number of alkyl halides is 3. The fraction of sp³-hybridized carbons (Fsp3) is 0.222. The molecule has 0 aliphatic carbocycles. The number of hydrogen-bond donors (Lipinski definition) is 1. The molecule has 1 N–H and O–H groups in total. The second-order valence-electron chi connectivity index (χ2n) is 5.53. The van der Waals surface area contributed by atoms with Gasteiger partial charge in [-0.2, -0.15) is 13.2 Å². The molecule has 2 rings (SSSR count). The van der Waals surface area contributed by atoms with Crippen LogP contribution in [-0.4, -0.2) is 11.9 Å². The number of nitrogens with one attached hydrogen (secondary N) is 1. The second-order valence-corrected chi connectivity index (χ2v) is 6.37. The number of rotatable bonds is 6. The molecular formula is C18H14Cl2F3NO3. The highest BCUT2D eigenvalue weighted by molar-refractivity contribution is 6.33. The van der Waals surface area contributed by atoms with Crippen LogP contribution in [0.2, 0.25) is 10.0 Å². The van der Waals surface area contributed by atoms with Gasteiger partial charge in [0.25, 0.3) is 0 Å². The zero-order valence-corrected chi connectivity index (χ0v) is 15.3. The first-order chi connectivity index (χ1) is 12.6. The van der Waals surface area contributed by atoms with Crippen LogP contribution in [0.4, 0.5) is 18.9 Å². The maximum Gasteiger partial charge on any atom is 0.416 e. The summed E-state index contributed by atoms with van der Waals surface area (Å²) in [6.45, 7) is 0.0249. The van der Waals surface area contributed by atoms with E-state index in [1.165, 1.54) is 0 Å². The summed E-state index contributed by atoms with van der Waals surface area (Å²) in [7, 11) is 0. The fourth-order valence-corrected chi connectivity index (χ4v) is 2.33. The first-order valence-electron chi connectivity index (χ1n) is 7.72. The van der Waals surface area contributed by atoms with Crippen molar-refractivity contribution in [2.75, 3.05) is 5.32 Å². The van der Waals surface area contributed by atoms with E-state index in [2.05, 4.69) is 5.32 Å². The van der Waals surface area contributed by atoms with Gasteiger partial charge in [-0.15, -0.1) is 0 Å². The predicted octanol–water partition coefficient (Wildman–Crippen LogP) is 5.47. The van der Waals surface area contributed by atoms with Gasteiger partial charge >= 0.3 is 12.1 Å². The molecule has 0 fully saturated rings. The normalized spacial score (nSPS) is 11.1. The number of esters is 1. The molecule has 0 atom stereocenters. The van der Waals surface area contributed by atoms with Gasteiger partial charge in [0.1, 0.15) is 6.61 Å². The Hall–Kier alpha value is -2.25. The highest BCUT2D eigenvalue weighted by Gasteiger charge is 2.31. The molecule has 0 saturated carbocycles. The van der Waals surface area contributed by atoms with Crippen LogP contribution in [0.1, 0.15) is 24.0 Å². The molecule has 0 bridgehead atoms. The molecule has 0 aliphatic rings. The number of amides is 1. The quantitative estimate of drug-likeness (QED) is 0.631. The summed E-state index contributed by atoms with van der Waals surface area (Å²) in [5.41, 5.74) is -0.386. The Morgan fingerprint density at radius 2 is 1.67 bits per heavy atom. The van der Waals surface area contributed by atoms with Crippen LogP contribution in [0, 0.1) is 0 Å². The number of halogens is 5. The van der Waals surface area contributed by atoms with Gasteiger partial charge in [-0.3, -0.25) is 9.59 Å². The minimum atomic E-state index is -4.56. The molecule has 9 heteroatoms. The van der Waals surface area contributed by atoms with Crippen molar-refractivity contribution in [3.8, 4) is 0 Å². The minimum absolute atomic E-state index is 0.0249. The van der Waals surface area contributed by atoms with Crippen molar-refractivity contribution < 1.29 is 27.5 Å². The minimum Gasteiger partial charge on any atom is -0.461 e. The van der Waals surface area contributed by atoms with Crippen LogP contribution >= 0.6 is 23.2 Å². The monoisotopic (exact) mass is 419 g/mol. The molecule has 2 aromatic rings. The first-order valence-corrected chi connectivity index (χ1v) is 8.47. The summed E-state index contributed by atoms with van der Waals surface area (Å²) >= 11 is 11.5. The summed E-state index contributed by atoms with van der Waals surface area (Å²) in [5.74, 6) is -1.27. The molecule has 0 spiro atoms. The van der Waals surface area contributed by atoms with Gasteiger partial charge in [-0.25, -0.2) is 0 Å². The molecule has 1 amide bonds. The van der Waals surface area contributed by atoms with Gasteiger partial charge in [-0.1, -0.05) is 35.3 Å². The van der Waals surface area contributed by atoms with E-state index in [4.69, 9.17) is 27.9 Å². The van der Waals surface area contributed by atoms with Crippen molar-refractivity contribution in [2.45, 2.75) is 25.6 Å². The molecule has 27 heavy (non-hydrogen) atoms. The van der Waals surface area contributed by atoms with E-state index in [0.717, 1.165) is 23.8 Å². The van der Waals surface area contributed by atoms with Gasteiger partial charge in [0, 0.05) is 11.4 Å². The Balaban J connectivity index is 1.83. The molecule has 0 aromatic heterocycles. The Morgan fingerprint density at radius 1 is 1.00 bits per heavy atom. The largest absolute Gasteiger partial charge is 0.461 e. The van der Waals surface area contributed by atoms with Crippen LogP contribution in [0.3, 0.4) is 0 Å². The lowest BCUT2D eigenvalue weighted by Gasteiger charge is -2.11. The van der Waals surface area contributed by atoms with E-state index >= 15 is 0 Å². The third-order valence-corrected chi connectivity index (χ3v) is 4.02. The van der Waals surface area contributed by atoms with Crippen molar-refractivity contribution in [1.82, 2.24) is 0 Å². The summed E-state index contributed by atoms with van der Waals surface area (Å²) < 4.78 is 43.2. The van der Waals surface area contributed by atoms with Gasteiger partial charge in [0.15, 0.2) is 0 Å². The Bertz CT molecular complexity index is 824. The molecular weight excluding hydrogens is 406 g/mol. The number of benzene rings is 2. The average molecular weight is 420 g/mol. The smallest absolute Gasteiger partial charge is 0.416 e. The van der Waals surface area contributed by atoms with E-state index in [0.29, 0.717) is 5.02 Å². The van der Waals surface area contributed by atoms with Crippen LogP contribution in [0.25, 0.3) is 0 Å². The molecule has 4 nitrogen and oxygen atoms in total. The van der Waals surface area contributed by atoms with Crippen molar-refractivity contribution in [3.63, 3.8) is 0 Å². The molecule has 0 radical (unpaired) electrons. The highest BCUT2D eigenvalue weighted by atomic mass is 35.5. The number of carbonyl (C=O) groups excluding carboxylic acids is 2. The predicted molar refractivity (Wildman–Crippen MR) is 95.6 cm³/mol. The molecule has 0 saturated heterocycles. The number of hydrogen-bond acceptors (Lipinski definition) is 3. The van der Waals surface area contributed by atoms with Gasteiger partial charge in [0.05, 0.1) is 22.7 Å². The van der Waals surface area contributed by atoms with Crippen molar-refractivity contribution in [3.05, 3.63) is 63.6 Å². The van der Waals surface area contributed by atoms with Crippen molar-refractivity contribution in [2.24, 2.45) is 0 Å². The number of ether oxygens (including phenoxy) is 1. The standard InChI is InChI=1S/C18H14Cl2F3NO3/c19-13-4-1-11(2-5-13)10-27-17(26)8-7-16(25)24-15-9-12(18(21,22)23)3-6-14(15)20/h1-6,9H,7-8,10H2,(H,24,25). The third kappa shape index (κ3) is 6.77. The molecule has 0 aliphatic heterocycles. The van der Waals surface area contributed by atoms with Crippen LogP contribution < -0.4 is 5.32 Å². The molecule has 0 unspecified atom stereocenters. The zero-order valence-electron chi connectivity index (χ0n) is 13.8. The zero-order chi connectivity index (χ0) is 20.0. The number of anilines is 1. The summed E-state index contributed by atoms with van der Waals surface area (Å²) in [6.07, 6.45) is -5.04. The Labute approximate surface area is 163 Å². The average Bonchev–Trinajstić information content (AvgIpc) is 2.60. The maximum atomic E-state index is 12.7. The van der Waals surface area contributed by atoms with Gasteiger partial charge in [-0.05, 0) is 35.9 Å². The van der Waals surface area contributed by atoms with Gasteiger partial charge < -0.3 is 10.1 Å². The second kappa shape index (κ2) is 9.10. The van der Waals surface area contributed by atoms with E-state index in [-0.39, 0.29) is 30.2 Å². The molecule has 2 aromatic carbocycles. The Kier molecular flexibility index (Phi) is 7.10. The number of carbonyl (C=O) groups is 2. The first kappa shape index (κ1) is 21.1. The lowest BCUT2D eigenvalue weighted by Crippen LogP contribution is -2.15. The maximum absolute atomic E-state index is 12.7. The van der Waals surface area contributed by atoms with E-state index in [1.54, 1.807) is 24.3 Å². The van der Waals surface area contributed by atoms with Crippen molar-refractivity contribution >= 4 is 40.8 Å². The fourth-order valence-electron chi connectivity index (χ4n) is 2.04. The summed E-state index contributed by atoms with van der Waals surface area (Å²) in [4.78, 5) is 23.6. The lowest BCUT2D eigenvalue weighted by atomic mass is 10.2. The van der Waals surface area contributed by atoms with Crippen LogP contribution in [0.15, 0.2) is 42.5 Å². The molecule has 144 valence electrons. The van der Waals surface area contributed by atoms with Crippen LogP contribution in [-0.2, 0) is 27.1 Å². The lowest BCUT2D eigenvalue weighted by molar-refractivity contribution is -0.145. The third-order valence-electron chi connectivity index (χ3n) is 3.44. The van der Waals surface area contributed by atoms with E-state index in [9.17, 15) is 22.8 Å². The van der Waals surface area contributed by atoms with Crippen LogP contribution in [0.5, 0.6) is 0 Å². The van der Waals surface area contributed by atoms with E-state index < -0.39 is 23.6 Å². The van der Waals surface area contributed by atoms with E-state index in [1.807, 2.05) is 0 Å². The SMILES string of the molecule is O=C(CCC(=O)OCc1ccc(Cl)cc1)Nc1cc(C(F)(F)F)ccc1Cl. The molecule has 0 heterocycles. The highest BCUT2D eigenvalue weighted by Crippen LogP contribution is 2.33. The Morgan fingerprint density at radius 3 is 2.30 bits per heavy atom. The van der Waals surface area contributed by atoms with Crippen molar-refractivity contribution in [1.29, 1.82) is 0 Å². The summed E-state index contributed by atoms with van der Waals surface area (Å²) in [6, 6.07) is 9.27. The topological polar surface area (TPSA) is 55.4 Å². The van der Waals surface area contributed by atoms with Gasteiger partial charge in [0.2, 0.25) is 5.91 Å². The summed E-state index contributed by atoms with van der Waals surface area (Å²) in [5, 5.41) is 2.78.